The summed E-state index contributed by atoms with van der Waals surface area (Å²) in [6, 6.07) is 9.42. The maximum atomic E-state index is 12.6. The van der Waals surface area contributed by atoms with E-state index < -0.39 is 10.7 Å². The number of nitro benzene ring substituents is 1. The summed E-state index contributed by atoms with van der Waals surface area (Å²) in [4.78, 5) is 27.7. The van der Waals surface area contributed by atoms with Crippen LogP contribution >= 0.6 is 0 Å². The predicted molar refractivity (Wildman–Crippen MR) is 112 cm³/mol. The van der Waals surface area contributed by atoms with Crippen molar-refractivity contribution in [2.75, 3.05) is 12.4 Å². The fraction of sp³-hybridized carbons (Fsp3) is 0.238. The number of carbonyl (C=O) groups excluding carboxylic acids is 1. The molecule has 0 saturated carbocycles. The molecule has 9 nitrogen and oxygen atoms in total. The summed E-state index contributed by atoms with van der Waals surface area (Å²) >= 11 is 0. The SMILES string of the molecule is COc1cc(Nc2ccc(C(=O)c3nccn3C)cc2[N+](=O)[O-])ccc1OC(C)C. The minimum Gasteiger partial charge on any atom is -0.493 e. The Kier molecular flexibility index (Phi) is 6.01. The Hall–Kier alpha value is -3.88. The van der Waals surface area contributed by atoms with Crippen molar-refractivity contribution in [3.8, 4) is 11.5 Å². The van der Waals surface area contributed by atoms with Crippen LogP contribution in [0.15, 0.2) is 48.8 Å². The molecule has 0 spiro atoms. The Bertz CT molecular complexity index is 1090. The van der Waals surface area contributed by atoms with E-state index in [0.717, 1.165) is 0 Å². The number of hydrogen-bond acceptors (Lipinski definition) is 7. The van der Waals surface area contributed by atoms with E-state index in [0.29, 0.717) is 17.2 Å². The molecule has 2 aromatic carbocycles. The van der Waals surface area contributed by atoms with E-state index in [1.165, 1.54) is 31.5 Å². The number of ketones is 1. The number of nitro groups is 1. The number of anilines is 2. The number of nitrogens with zero attached hydrogens (tertiary/aromatic N) is 3. The highest BCUT2D eigenvalue weighted by molar-refractivity contribution is 6.07. The van der Waals surface area contributed by atoms with Gasteiger partial charge in [-0.3, -0.25) is 14.9 Å². The van der Waals surface area contributed by atoms with Crippen molar-refractivity contribution in [3.05, 3.63) is 70.3 Å². The summed E-state index contributed by atoms with van der Waals surface area (Å²) in [6.07, 6.45) is 3.11. The molecule has 3 rings (SSSR count). The number of carbonyl (C=O) groups is 1. The van der Waals surface area contributed by atoms with Crippen LogP contribution in [0.4, 0.5) is 17.1 Å². The lowest BCUT2D eigenvalue weighted by molar-refractivity contribution is -0.383. The molecule has 1 N–H and O–H groups in total. The van der Waals surface area contributed by atoms with Crippen LogP contribution in [0.25, 0.3) is 0 Å². The molecule has 3 aromatic rings. The monoisotopic (exact) mass is 410 g/mol. The maximum Gasteiger partial charge on any atom is 0.293 e. The van der Waals surface area contributed by atoms with Gasteiger partial charge in [0.05, 0.1) is 18.1 Å². The lowest BCUT2D eigenvalue weighted by Crippen LogP contribution is -2.09. The van der Waals surface area contributed by atoms with Crippen molar-refractivity contribution in [2.24, 2.45) is 7.05 Å². The van der Waals surface area contributed by atoms with Gasteiger partial charge in [0.1, 0.15) is 5.69 Å². The van der Waals surface area contributed by atoms with Gasteiger partial charge >= 0.3 is 0 Å². The number of methoxy groups -OCH3 is 1. The van der Waals surface area contributed by atoms with Crippen LogP contribution in [0, 0.1) is 10.1 Å². The molecule has 0 aliphatic carbocycles. The molecule has 1 aromatic heterocycles. The topological polar surface area (TPSA) is 109 Å². The summed E-state index contributed by atoms with van der Waals surface area (Å²) in [6.45, 7) is 3.81. The van der Waals surface area contributed by atoms with Crippen LogP contribution in [-0.2, 0) is 7.05 Å². The van der Waals surface area contributed by atoms with E-state index in [2.05, 4.69) is 10.3 Å². The number of imidazole rings is 1. The molecule has 156 valence electrons. The van der Waals surface area contributed by atoms with Crippen LogP contribution < -0.4 is 14.8 Å². The first-order valence-electron chi connectivity index (χ1n) is 9.22. The van der Waals surface area contributed by atoms with Gasteiger partial charge in [-0.2, -0.15) is 0 Å². The van der Waals surface area contributed by atoms with Crippen LogP contribution in [0.1, 0.15) is 30.0 Å². The van der Waals surface area contributed by atoms with Gasteiger partial charge in [-0.1, -0.05) is 0 Å². The summed E-state index contributed by atoms with van der Waals surface area (Å²) < 4.78 is 12.6. The number of benzene rings is 2. The van der Waals surface area contributed by atoms with Crippen LogP contribution in [0.3, 0.4) is 0 Å². The first-order chi connectivity index (χ1) is 14.3. The highest BCUT2D eigenvalue weighted by Gasteiger charge is 2.21. The second-order valence-corrected chi connectivity index (χ2v) is 6.84. The number of aryl methyl sites for hydroxylation is 1. The molecule has 0 saturated heterocycles. The third-order valence-electron chi connectivity index (χ3n) is 4.29. The van der Waals surface area contributed by atoms with Gasteiger partial charge in [0.15, 0.2) is 17.3 Å². The lowest BCUT2D eigenvalue weighted by atomic mass is 10.1. The minimum absolute atomic E-state index is 0.0254. The lowest BCUT2D eigenvalue weighted by Gasteiger charge is -2.15. The van der Waals surface area contributed by atoms with E-state index in [1.807, 2.05) is 13.8 Å². The predicted octanol–water partition coefficient (Wildman–Crippen LogP) is 4.10. The van der Waals surface area contributed by atoms with E-state index in [-0.39, 0.29) is 28.9 Å². The fourth-order valence-corrected chi connectivity index (χ4v) is 2.90. The van der Waals surface area contributed by atoms with Crippen LogP contribution in [0.2, 0.25) is 0 Å². The Morgan fingerprint density at radius 1 is 1.20 bits per heavy atom. The standard InChI is InChI=1S/C21H22N4O5/c1-13(2)30-18-8-6-15(12-19(18)29-4)23-16-7-5-14(11-17(16)25(27)28)20(26)21-22-9-10-24(21)3/h5-13,23H,1-4H3. The largest absolute Gasteiger partial charge is 0.493 e. The zero-order valence-corrected chi connectivity index (χ0v) is 17.1. The molecule has 1 heterocycles. The average Bonchev–Trinajstić information content (AvgIpc) is 3.14. The second kappa shape index (κ2) is 8.64. The van der Waals surface area contributed by atoms with Gasteiger partial charge in [0.2, 0.25) is 5.78 Å². The van der Waals surface area contributed by atoms with Crippen molar-refractivity contribution < 1.29 is 19.2 Å². The van der Waals surface area contributed by atoms with E-state index in [9.17, 15) is 14.9 Å². The fourth-order valence-electron chi connectivity index (χ4n) is 2.90. The van der Waals surface area contributed by atoms with Gasteiger partial charge in [-0.25, -0.2) is 4.98 Å². The van der Waals surface area contributed by atoms with Crippen molar-refractivity contribution >= 4 is 22.8 Å². The summed E-state index contributed by atoms with van der Waals surface area (Å²) in [5, 5.41) is 14.6. The molecule has 0 atom stereocenters. The van der Waals surface area contributed by atoms with Crippen LogP contribution in [0.5, 0.6) is 11.5 Å². The highest BCUT2D eigenvalue weighted by Crippen LogP contribution is 2.34. The maximum absolute atomic E-state index is 12.6. The minimum atomic E-state index is -0.537. The number of nitrogens with one attached hydrogen (secondary N) is 1. The quantitative estimate of drug-likeness (QED) is 0.338. The van der Waals surface area contributed by atoms with Gasteiger partial charge in [0, 0.05) is 42.8 Å². The van der Waals surface area contributed by atoms with Gasteiger partial charge in [-0.05, 0) is 38.1 Å². The molecule has 0 aliphatic rings. The smallest absolute Gasteiger partial charge is 0.293 e. The van der Waals surface area contributed by atoms with Crippen molar-refractivity contribution in [2.45, 2.75) is 20.0 Å². The zero-order chi connectivity index (χ0) is 21.8. The number of ether oxygens (including phenoxy) is 2. The highest BCUT2D eigenvalue weighted by atomic mass is 16.6. The van der Waals surface area contributed by atoms with E-state index in [1.54, 1.807) is 36.0 Å². The normalized spacial score (nSPS) is 10.7. The summed E-state index contributed by atoms with van der Waals surface area (Å²) in [7, 11) is 3.21. The van der Waals surface area contributed by atoms with Crippen LogP contribution in [-0.4, -0.2) is 33.5 Å². The van der Waals surface area contributed by atoms with Gasteiger partial charge < -0.3 is 19.4 Å². The molecule has 0 amide bonds. The Morgan fingerprint density at radius 3 is 2.57 bits per heavy atom. The van der Waals surface area contributed by atoms with E-state index in [4.69, 9.17) is 9.47 Å². The number of hydrogen-bond donors (Lipinski definition) is 1. The molecular formula is C21H22N4O5. The molecule has 0 aliphatic heterocycles. The van der Waals surface area contributed by atoms with Gasteiger partial charge in [0.25, 0.3) is 5.69 Å². The molecule has 0 fully saturated rings. The second-order valence-electron chi connectivity index (χ2n) is 6.84. The summed E-state index contributed by atoms with van der Waals surface area (Å²) in [5.74, 6) is 0.881. The molecule has 30 heavy (non-hydrogen) atoms. The van der Waals surface area contributed by atoms with E-state index >= 15 is 0 Å². The number of rotatable bonds is 8. The van der Waals surface area contributed by atoms with Gasteiger partial charge in [-0.15, -0.1) is 0 Å². The molecule has 0 bridgehead atoms. The first kappa shape index (κ1) is 20.8. The third-order valence-corrected chi connectivity index (χ3v) is 4.29. The van der Waals surface area contributed by atoms with Crippen molar-refractivity contribution in [1.82, 2.24) is 9.55 Å². The first-order valence-corrected chi connectivity index (χ1v) is 9.22. The Labute approximate surface area is 173 Å². The molecular weight excluding hydrogens is 388 g/mol. The molecule has 0 radical (unpaired) electrons. The summed E-state index contributed by atoms with van der Waals surface area (Å²) in [5.41, 5.74) is 0.779. The average molecular weight is 410 g/mol. The molecule has 9 heteroatoms. The Balaban J connectivity index is 1.92. The van der Waals surface area contributed by atoms with Crippen molar-refractivity contribution in [1.29, 1.82) is 0 Å². The third kappa shape index (κ3) is 4.40. The number of aromatic nitrogens is 2. The Morgan fingerprint density at radius 2 is 1.97 bits per heavy atom. The molecule has 0 unspecified atom stereocenters. The zero-order valence-electron chi connectivity index (χ0n) is 17.1. The van der Waals surface area contributed by atoms with Crippen molar-refractivity contribution in [3.63, 3.8) is 0 Å².